The number of nitriles is 1. The molecule has 2 heterocycles. The van der Waals surface area contributed by atoms with E-state index in [1.54, 1.807) is 42.6 Å². The number of amides is 1. The predicted octanol–water partition coefficient (Wildman–Crippen LogP) is 2.29. The van der Waals surface area contributed by atoms with Gasteiger partial charge in [0.25, 0.3) is 11.5 Å². The number of allylic oxidation sites excluding steroid dienone is 1. The Bertz CT molecular complexity index is 1350. The highest BCUT2D eigenvalue weighted by Crippen LogP contribution is 2.27. The summed E-state index contributed by atoms with van der Waals surface area (Å²) in [6, 6.07) is 12.0. The van der Waals surface area contributed by atoms with E-state index in [0.29, 0.717) is 26.7 Å². The number of hydrogen-bond acceptors (Lipinski definition) is 6. The van der Waals surface area contributed by atoms with Gasteiger partial charge < -0.3 is 10.1 Å². The Morgan fingerprint density at radius 3 is 2.84 bits per heavy atom. The molecule has 3 aromatic rings. The Balaban J connectivity index is 2.12. The van der Waals surface area contributed by atoms with Gasteiger partial charge in [-0.05, 0) is 36.4 Å². The average molecular weight is 453 g/mol. The first-order valence-electron chi connectivity index (χ1n) is 9.01. The maximum atomic E-state index is 12.9. The zero-order valence-corrected chi connectivity index (χ0v) is 18.0. The smallest absolute Gasteiger partial charge is 0.269 e. The molecule has 2 aromatic heterocycles. The molecule has 3 rings (SSSR count). The number of nitrogens with one attached hydrogen (secondary N) is 1. The fraction of sp³-hybridized carbons (Fsp3) is 0.0909. The maximum absolute atomic E-state index is 12.9. The molecule has 9 heteroatoms. The van der Waals surface area contributed by atoms with Gasteiger partial charge in [0.1, 0.15) is 16.5 Å². The summed E-state index contributed by atoms with van der Waals surface area (Å²) in [4.78, 5) is 29.9. The summed E-state index contributed by atoms with van der Waals surface area (Å²) >= 11 is 7.14. The molecule has 0 spiro atoms. The SMILES string of the molecule is C=CCn1c(=O)/c(=C\c2ccccn2)s/c1=C(\C#N)C(=O)Nc1ccc(OC)c(Cl)c1. The number of benzene rings is 1. The van der Waals surface area contributed by atoms with Crippen molar-refractivity contribution in [3.05, 3.63) is 85.5 Å². The summed E-state index contributed by atoms with van der Waals surface area (Å²) < 4.78 is 7.01. The van der Waals surface area contributed by atoms with Crippen molar-refractivity contribution in [2.45, 2.75) is 6.54 Å². The molecule has 156 valence electrons. The number of carbonyl (C=O) groups is 1. The van der Waals surface area contributed by atoms with Crippen LogP contribution in [0.15, 0.2) is 60.0 Å². The lowest BCUT2D eigenvalue weighted by atomic mass is 10.2. The summed E-state index contributed by atoms with van der Waals surface area (Å²) in [5, 5.41) is 12.6. The van der Waals surface area contributed by atoms with Crippen molar-refractivity contribution in [3.63, 3.8) is 0 Å². The lowest BCUT2D eigenvalue weighted by molar-refractivity contribution is -0.111. The molecule has 0 atom stereocenters. The Kier molecular flexibility index (Phi) is 7.03. The highest BCUT2D eigenvalue weighted by Gasteiger charge is 2.16. The normalized spacial score (nSPS) is 12.1. The van der Waals surface area contributed by atoms with E-state index >= 15 is 0 Å². The van der Waals surface area contributed by atoms with Gasteiger partial charge in [-0.3, -0.25) is 19.1 Å². The van der Waals surface area contributed by atoms with Gasteiger partial charge in [0.2, 0.25) is 0 Å². The summed E-state index contributed by atoms with van der Waals surface area (Å²) in [6.07, 6.45) is 4.76. The van der Waals surface area contributed by atoms with Crippen LogP contribution in [0.5, 0.6) is 5.75 Å². The predicted molar refractivity (Wildman–Crippen MR) is 121 cm³/mol. The molecule has 1 amide bonds. The van der Waals surface area contributed by atoms with Crippen molar-refractivity contribution in [1.29, 1.82) is 5.26 Å². The third kappa shape index (κ3) is 4.91. The maximum Gasteiger partial charge on any atom is 0.269 e. The molecule has 1 aromatic carbocycles. The number of ether oxygens (including phenoxy) is 1. The van der Waals surface area contributed by atoms with Crippen LogP contribution < -0.4 is 24.8 Å². The molecule has 0 saturated carbocycles. The Hall–Kier alpha value is -3.67. The first-order valence-corrected chi connectivity index (χ1v) is 10.2. The molecule has 0 unspecified atom stereocenters. The van der Waals surface area contributed by atoms with Crippen molar-refractivity contribution < 1.29 is 9.53 Å². The summed E-state index contributed by atoms with van der Waals surface area (Å²) in [5.41, 5.74) is 0.446. The van der Waals surface area contributed by atoms with Gasteiger partial charge in [0.05, 0.1) is 22.4 Å². The van der Waals surface area contributed by atoms with E-state index in [1.807, 2.05) is 6.07 Å². The lowest BCUT2D eigenvalue weighted by Gasteiger charge is -2.07. The number of nitrogens with zero attached hydrogens (tertiary/aromatic N) is 3. The number of thiazole rings is 1. The van der Waals surface area contributed by atoms with Crippen LogP contribution in [0.25, 0.3) is 11.6 Å². The third-order valence-corrected chi connectivity index (χ3v) is 5.57. The highest BCUT2D eigenvalue weighted by atomic mass is 35.5. The monoisotopic (exact) mass is 452 g/mol. The minimum atomic E-state index is -0.660. The second-order valence-electron chi connectivity index (χ2n) is 6.17. The van der Waals surface area contributed by atoms with Crippen LogP contribution in [-0.2, 0) is 11.3 Å². The molecule has 0 radical (unpaired) electrons. The van der Waals surface area contributed by atoms with Crippen molar-refractivity contribution in [1.82, 2.24) is 9.55 Å². The van der Waals surface area contributed by atoms with Crippen LogP contribution >= 0.6 is 22.9 Å². The fourth-order valence-corrected chi connectivity index (χ4v) is 4.08. The Morgan fingerprint density at radius 2 is 2.23 bits per heavy atom. The molecule has 0 fully saturated rings. The number of pyridine rings is 1. The number of anilines is 1. The first kappa shape index (κ1) is 22.0. The molecule has 0 bridgehead atoms. The number of methoxy groups -OCH3 is 1. The van der Waals surface area contributed by atoms with Crippen LogP contribution in [0.3, 0.4) is 0 Å². The van der Waals surface area contributed by atoms with Gasteiger partial charge in [-0.1, -0.05) is 23.7 Å². The molecule has 0 aliphatic heterocycles. The topological polar surface area (TPSA) is 97.0 Å². The van der Waals surface area contributed by atoms with Crippen LogP contribution in [0.1, 0.15) is 5.69 Å². The van der Waals surface area contributed by atoms with Gasteiger partial charge >= 0.3 is 0 Å². The standard InChI is InChI=1S/C22H17ClN4O3S/c1-3-10-27-21(29)19(12-14-6-4-5-9-25-14)31-22(27)16(13-24)20(28)26-15-7-8-18(30-2)17(23)11-15/h3-9,11-12H,1,10H2,2H3,(H,26,28)/b19-12+,22-16+. The third-order valence-electron chi connectivity index (χ3n) is 4.15. The van der Waals surface area contributed by atoms with E-state index < -0.39 is 5.91 Å². The van der Waals surface area contributed by atoms with E-state index in [1.165, 1.54) is 23.8 Å². The van der Waals surface area contributed by atoms with Crippen molar-refractivity contribution in [2.24, 2.45) is 0 Å². The number of carbonyl (C=O) groups excluding carboxylic acids is 1. The molecule has 0 aliphatic rings. The van der Waals surface area contributed by atoms with E-state index in [-0.39, 0.29) is 22.3 Å². The first-order chi connectivity index (χ1) is 15.0. The van der Waals surface area contributed by atoms with E-state index in [9.17, 15) is 14.9 Å². The molecule has 7 nitrogen and oxygen atoms in total. The number of aromatic nitrogens is 2. The summed E-state index contributed by atoms with van der Waals surface area (Å²) in [5.74, 6) is -0.205. The van der Waals surface area contributed by atoms with Gasteiger partial charge in [0, 0.05) is 18.4 Å². The zero-order valence-electron chi connectivity index (χ0n) is 16.5. The number of hydrogen-bond donors (Lipinski definition) is 1. The van der Waals surface area contributed by atoms with Crippen LogP contribution in [0.4, 0.5) is 5.69 Å². The quantitative estimate of drug-likeness (QED) is 0.579. The molecule has 0 aliphatic carbocycles. The fourth-order valence-electron chi connectivity index (χ4n) is 2.73. The summed E-state index contributed by atoms with van der Waals surface area (Å²) in [7, 11) is 1.48. The van der Waals surface area contributed by atoms with E-state index in [2.05, 4.69) is 16.9 Å². The molecular formula is C22H17ClN4O3S. The number of rotatable bonds is 6. The Morgan fingerprint density at radius 1 is 1.42 bits per heavy atom. The second kappa shape index (κ2) is 9.89. The molecule has 31 heavy (non-hydrogen) atoms. The van der Waals surface area contributed by atoms with Gasteiger partial charge in [-0.25, -0.2) is 0 Å². The van der Waals surface area contributed by atoms with Crippen molar-refractivity contribution in [3.8, 4) is 11.8 Å². The minimum absolute atomic E-state index is 0.146. The second-order valence-corrected chi connectivity index (χ2v) is 7.60. The summed E-state index contributed by atoms with van der Waals surface area (Å²) in [6.45, 7) is 3.80. The Labute approximate surface area is 186 Å². The molecule has 0 saturated heterocycles. The minimum Gasteiger partial charge on any atom is -0.495 e. The average Bonchev–Trinajstić information content (AvgIpc) is 3.05. The molecular weight excluding hydrogens is 436 g/mol. The van der Waals surface area contributed by atoms with Gasteiger partial charge in [-0.2, -0.15) is 5.26 Å². The van der Waals surface area contributed by atoms with Crippen molar-refractivity contribution >= 4 is 46.2 Å². The largest absolute Gasteiger partial charge is 0.495 e. The van der Waals surface area contributed by atoms with Gasteiger partial charge in [-0.15, -0.1) is 17.9 Å². The van der Waals surface area contributed by atoms with E-state index in [0.717, 1.165) is 11.3 Å². The van der Waals surface area contributed by atoms with E-state index in [4.69, 9.17) is 16.3 Å². The van der Waals surface area contributed by atoms with Crippen LogP contribution in [0, 0.1) is 11.3 Å². The van der Waals surface area contributed by atoms with Crippen LogP contribution in [-0.4, -0.2) is 22.6 Å². The molecule has 1 N–H and O–H groups in total. The van der Waals surface area contributed by atoms with Gasteiger partial charge in [0.15, 0.2) is 5.57 Å². The highest BCUT2D eigenvalue weighted by molar-refractivity contribution is 7.07. The number of halogens is 1. The van der Waals surface area contributed by atoms with Crippen LogP contribution in [0.2, 0.25) is 5.02 Å². The lowest BCUT2D eigenvalue weighted by Crippen LogP contribution is -2.33. The van der Waals surface area contributed by atoms with Crippen molar-refractivity contribution in [2.75, 3.05) is 12.4 Å². The zero-order chi connectivity index (χ0) is 22.4.